The van der Waals surface area contributed by atoms with Crippen LogP contribution in [0.3, 0.4) is 0 Å². The number of benzene rings is 2. The van der Waals surface area contributed by atoms with Crippen LogP contribution in [0.1, 0.15) is 43.7 Å². The van der Waals surface area contributed by atoms with Gasteiger partial charge in [0.2, 0.25) is 0 Å². The Morgan fingerprint density at radius 1 is 0.920 bits per heavy atom. The average Bonchev–Trinajstić information content (AvgIpc) is 2.64. The van der Waals surface area contributed by atoms with Crippen LogP contribution in [0.4, 0.5) is 11.4 Å². The summed E-state index contributed by atoms with van der Waals surface area (Å²) in [5.74, 6) is 0. The molecule has 4 heteroatoms. The Morgan fingerprint density at radius 2 is 1.48 bits per heavy atom. The van der Waals surface area contributed by atoms with Gasteiger partial charge in [-0.15, -0.1) is 0 Å². The summed E-state index contributed by atoms with van der Waals surface area (Å²) in [6.45, 7) is 3.31. The van der Waals surface area contributed by atoms with Crippen molar-refractivity contribution in [1.29, 1.82) is 0 Å². The van der Waals surface area contributed by atoms with Crippen molar-refractivity contribution in [3.63, 3.8) is 0 Å². The number of hydrogen-bond acceptors (Lipinski definition) is 3. The minimum absolute atomic E-state index is 0.114. The first-order valence-electron chi connectivity index (χ1n) is 8.84. The van der Waals surface area contributed by atoms with Crippen molar-refractivity contribution in [3.8, 4) is 0 Å². The molecule has 0 saturated heterocycles. The lowest BCUT2D eigenvalue weighted by Crippen LogP contribution is -2.18. The van der Waals surface area contributed by atoms with Crippen molar-refractivity contribution in [2.45, 2.75) is 32.6 Å². The molecule has 0 aliphatic carbocycles. The Hall–Kier alpha value is -2.62. The molecule has 0 heterocycles. The van der Waals surface area contributed by atoms with Crippen molar-refractivity contribution in [2.24, 2.45) is 0 Å². The van der Waals surface area contributed by atoms with E-state index in [1.165, 1.54) is 43.5 Å². The van der Waals surface area contributed by atoms with Gasteiger partial charge in [0.25, 0.3) is 5.69 Å². The lowest BCUT2D eigenvalue weighted by Gasteiger charge is -2.19. The fourth-order valence-corrected chi connectivity index (χ4v) is 2.64. The Bertz CT molecular complexity index is 691. The minimum Gasteiger partial charge on any atom is -0.375 e. The van der Waals surface area contributed by atoms with E-state index in [-0.39, 0.29) is 10.6 Å². The Kier molecular flexibility index (Phi) is 7.20. The third kappa shape index (κ3) is 6.07. The maximum Gasteiger partial charge on any atom is 0.269 e. The highest BCUT2D eigenvalue weighted by atomic mass is 16.6. The molecular weight excluding hydrogens is 312 g/mol. The minimum atomic E-state index is -0.384. The normalized spacial score (nSPS) is 11.0. The summed E-state index contributed by atoms with van der Waals surface area (Å²) >= 11 is 0. The number of unbranched alkanes of at least 4 members (excludes halogenated alkanes) is 3. The molecule has 2 rings (SSSR count). The summed E-state index contributed by atoms with van der Waals surface area (Å²) < 4.78 is 0. The van der Waals surface area contributed by atoms with E-state index < -0.39 is 0 Å². The van der Waals surface area contributed by atoms with Crippen LogP contribution in [0.25, 0.3) is 12.2 Å². The first-order chi connectivity index (χ1) is 12.1. The molecule has 0 radical (unpaired) electrons. The molecule has 0 unspecified atom stereocenters. The third-order valence-electron chi connectivity index (χ3n) is 4.25. The molecule has 2 aromatic rings. The molecule has 0 N–H and O–H groups in total. The number of non-ortho nitro benzene ring substituents is 1. The molecular formula is C21H26N2O2. The topological polar surface area (TPSA) is 46.4 Å². The quantitative estimate of drug-likeness (QED) is 0.252. The second-order valence-electron chi connectivity index (χ2n) is 6.26. The molecule has 0 bridgehead atoms. The van der Waals surface area contributed by atoms with Crippen LogP contribution >= 0.6 is 0 Å². The molecule has 0 aliphatic heterocycles. The summed E-state index contributed by atoms with van der Waals surface area (Å²) in [6.07, 6.45) is 9.07. The van der Waals surface area contributed by atoms with Crippen molar-refractivity contribution in [3.05, 3.63) is 69.8 Å². The summed E-state index contributed by atoms with van der Waals surface area (Å²) in [5, 5.41) is 10.7. The van der Waals surface area contributed by atoms with E-state index in [1.54, 1.807) is 12.1 Å². The second kappa shape index (κ2) is 9.62. The molecule has 0 aromatic heterocycles. The zero-order chi connectivity index (χ0) is 18.1. The maximum absolute atomic E-state index is 10.7. The van der Waals surface area contributed by atoms with Crippen molar-refractivity contribution >= 4 is 23.5 Å². The summed E-state index contributed by atoms with van der Waals surface area (Å²) in [6, 6.07) is 15.0. The lowest BCUT2D eigenvalue weighted by molar-refractivity contribution is -0.384. The highest BCUT2D eigenvalue weighted by Crippen LogP contribution is 2.18. The second-order valence-corrected chi connectivity index (χ2v) is 6.26. The van der Waals surface area contributed by atoms with E-state index in [0.29, 0.717) is 0 Å². The fourth-order valence-electron chi connectivity index (χ4n) is 2.64. The van der Waals surface area contributed by atoms with E-state index in [9.17, 15) is 10.1 Å². The third-order valence-corrected chi connectivity index (χ3v) is 4.25. The van der Waals surface area contributed by atoms with E-state index in [0.717, 1.165) is 17.7 Å². The van der Waals surface area contributed by atoms with Crippen LogP contribution in [-0.2, 0) is 0 Å². The first-order valence-corrected chi connectivity index (χ1v) is 8.84. The molecule has 2 aromatic carbocycles. The van der Waals surface area contributed by atoms with Gasteiger partial charge in [0.1, 0.15) is 0 Å². The van der Waals surface area contributed by atoms with Gasteiger partial charge in [-0.25, -0.2) is 0 Å². The van der Waals surface area contributed by atoms with Crippen LogP contribution in [0.15, 0.2) is 48.5 Å². The van der Waals surface area contributed by atoms with Crippen LogP contribution < -0.4 is 4.90 Å². The molecule has 25 heavy (non-hydrogen) atoms. The van der Waals surface area contributed by atoms with E-state index in [1.807, 2.05) is 12.2 Å². The lowest BCUT2D eigenvalue weighted by atomic mass is 10.1. The van der Waals surface area contributed by atoms with Gasteiger partial charge in [-0.2, -0.15) is 0 Å². The highest BCUT2D eigenvalue weighted by Gasteiger charge is 2.02. The smallest absolute Gasteiger partial charge is 0.269 e. The van der Waals surface area contributed by atoms with E-state index in [2.05, 4.69) is 43.1 Å². The summed E-state index contributed by atoms with van der Waals surface area (Å²) in [5.41, 5.74) is 3.40. The van der Waals surface area contributed by atoms with Crippen LogP contribution in [-0.4, -0.2) is 18.5 Å². The van der Waals surface area contributed by atoms with Crippen molar-refractivity contribution in [2.75, 3.05) is 18.5 Å². The Balaban J connectivity index is 1.91. The standard InChI is InChI=1S/C21H26N2O2/c1-3-4-5-6-17-22(2)20-13-9-18(10-14-20)7-8-19-11-15-21(16-12-19)23(24)25/h7-16H,3-6,17H2,1-2H3/b8-7+. The zero-order valence-electron chi connectivity index (χ0n) is 15.0. The van der Waals surface area contributed by atoms with Gasteiger partial charge in [0.15, 0.2) is 0 Å². The van der Waals surface area contributed by atoms with Crippen LogP contribution in [0, 0.1) is 10.1 Å². The zero-order valence-corrected chi connectivity index (χ0v) is 15.0. The fraction of sp³-hybridized carbons (Fsp3) is 0.333. The van der Waals surface area contributed by atoms with Gasteiger partial charge in [-0.05, 0) is 41.8 Å². The Morgan fingerprint density at radius 3 is 2.00 bits per heavy atom. The molecule has 0 amide bonds. The van der Waals surface area contributed by atoms with Gasteiger partial charge in [-0.3, -0.25) is 10.1 Å². The predicted molar refractivity (Wildman–Crippen MR) is 106 cm³/mol. The van der Waals surface area contributed by atoms with Gasteiger partial charge >= 0.3 is 0 Å². The molecule has 0 spiro atoms. The largest absolute Gasteiger partial charge is 0.375 e. The van der Waals surface area contributed by atoms with E-state index >= 15 is 0 Å². The number of nitro benzene ring substituents is 1. The molecule has 132 valence electrons. The Labute approximate surface area is 149 Å². The SMILES string of the molecule is CCCCCCN(C)c1ccc(/C=C/c2ccc([N+](=O)[O-])cc2)cc1. The van der Waals surface area contributed by atoms with Gasteiger partial charge < -0.3 is 4.90 Å². The summed E-state index contributed by atoms with van der Waals surface area (Å²) in [4.78, 5) is 12.6. The molecule has 0 aliphatic rings. The number of nitro groups is 1. The van der Waals surface area contributed by atoms with E-state index in [4.69, 9.17) is 0 Å². The monoisotopic (exact) mass is 338 g/mol. The number of anilines is 1. The molecule has 4 nitrogen and oxygen atoms in total. The predicted octanol–water partition coefficient (Wildman–Crippen LogP) is 5.78. The first kappa shape index (κ1) is 18.7. The van der Waals surface area contributed by atoms with Crippen LogP contribution in [0.5, 0.6) is 0 Å². The summed E-state index contributed by atoms with van der Waals surface area (Å²) in [7, 11) is 2.13. The molecule has 0 atom stereocenters. The number of nitrogens with zero attached hydrogens (tertiary/aromatic N) is 2. The van der Waals surface area contributed by atoms with Gasteiger partial charge in [-0.1, -0.05) is 50.5 Å². The molecule has 0 fully saturated rings. The maximum atomic E-state index is 10.7. The van der Waals surface area contributed by atoms with Gasteiger partial charge in [0, 0.05) is 31.4 Å². The van der Waals surface area contributed by atoms with Crippen LogP contribution in [0.2, 0.25) is 0 Å². The number of rotatable bonds is 9. The average molecular weight is 338 g/mol. The molecule has 0 saturated carbocycles. The number of hydrogen-bond donors (Lipinski definition) is 0. The van der Waals surface area contributed by atoms with Gasteiger partial charge in [0.05, 0.1) is 4.92 Å². The highest BCUT2D eigenvalue weighted by molar-refractivity contribution is 5.70. The van der Waals surface area contributed by atoms with Crippen molar-refractivity contribution < 1.29 is 4.92 Å². The van der Waals surface area contributed by atoms with Crippen molar-refractivity contribution in [1.82, 2.24) is 0 Å².